The molecule has 4 N–H and O–H groups in total. The quantitative estimate of drug-likeness (QED) is 0.138. The van der Waals surface area contributed by atoms with Crippen LogP contribution in [0.1, 0.15) is 34.6 Å². The van der Waals surface area contributed by atoms with Crippen LogP contribution in [-0.4, -0.2) is 92.5 Å². The van der Waals surface area contributed by atoms with Gasteiger partial charge in [0.25, 0.3) is 0 Å². The largest absolute Gasteiger partial charge is 2.00 e. The van der Waals surface area contributed by atoms with E-state index >= 15 is 0 Å². The fourth-order valence-electron chi connectivity index (χ4n) is 5.12. The molecule has 0 bridgehead atoms. The second kappa shape index (κ2) is 16.4. The Kier molecular flexibility index (Phi) is 12.7. The SMILES string of the molecule is COc1ccc(O)c(C(c2ccccn2)N(CCN(CC(=O)O)[C@H](c2ccccn2)c2cc(OC)ccc2O)CC(=O)O)c1.[Mn+2]. The zero-order valence-electron chi connectivity index (χ0n) is 24.7. The first-order valence-corrected chi connectivity index (χ1v) is 13.7. The Morgan fingerprint density at radius 1 is 0.689 bits per heavy atom. The van der Waals surface area contributed by atoms with Crippen molar-refractivity contribution in [3.8, 4) is 23.0 Å². The number of methoxy groups -OCH3 is 2. The van der Waals surface area contributed by atoms with Crippen LogP contribution in [0.5, 0.6) is 23.0 Å². The molecule has 0 saturated heterocycles. The number of rotatable bonds is 15. The third kappa shape index (κ3) is 8.93. The van der Waals surface area contributed by atoms with Crippen LogP contribution in [0.15, 0.2) is 85.2 Å². The van der Waals surface area contributed by atoms with Crippen molar-refractivity contribution in [2.45, 2.75) is 12.1 Å². The average molecular weight is 658 g/mol. The van der Waals surface area contributed by atoms with Gasteiger partial charge in [0.2, 0.25) is 0 Å². The topological polar surface area (TPSA) is 166 Å². The number of aromatic nitrogens is 2. The summed E-state index contributed by atoms with van der Waals surface area (Å²) in [5, 5.41) is 41.7. The van der Waals surface area contributed by atoms with E-state index in [-0.39, 0.29) is 41.7 Å². The molecule has 2 aromatic heterocycles. The maximum Gasteiger partial charge on any atom is 2.00 e. The summed E-state index contributed by atoms with van der Waals surface area (Å²) in [6.07, 6.45) is 3.13. The van der Waals surface area contributed by atoms with Gasteiger partial charge in [0.15, 0.2) is 0 Å². The number of carbonyl (C=O) groups is 2. The molecule has 4 rings (SSSR count). The van der Waals surface area contributed by atoms with E-state index in [0.29, 0.717) is 34.0 Å². The number of nitrogens with zero attached hydrogens (tertiary/aromatic N) is 4. The maximum atomic E-state index is 12.2. The zero-order chi connectivity index (χ0) is 31.6. The fourth-order valence-corrected chi connectivity index (χ4v) is 5.12. The molecular formula is C32H34MnN4O8+2. The molecule has 0 saturated carbocycles. The Morgan fingerprint density at radius 2 is 1.09 bits per heavy atom. The van der Waals surface area contributed by atoms with Gasteiger partial charge in [-0.25, -0.2) is 0 Å². The molecule has 13 heteroatoms. The van der Waals surface area contributed by atoms with Crippen molar-refractivity contribution < 1.29 is 56.6 Å². The standard InChI is InChI=1S/C32H34N4O8.Mn/c1-43-21-9-11-27(37)23(17-21)31(25-7-3-5-13-33-25)35(19-29(39)40)15-16-36(20-30(41)42)32(26-8-4-6-14-34-26)24-18-22(44-2)10-12-28(24)38;/h3-14,17-18,31-32,37-38H,15-16,19-20H2,1-2H3,(H,39,40)(H,41,42);/q;+2/t31-,32?;/m0./s1. The van der Waals surface area contributed by atoms with E-state index < -0.39 is 37.1 Å². The zero-order valence-corrected chi connectivity index (χ0v) is 25.8. The Balaban J connectivity index is 0.00000552. The molecule has 1 radical (unpaired) electrons. The van der Waals surface area contributed by atoms with Crippen LogP contribution >= 0.6 is 0 Å². The van der Waals surface area contributed by atoms with E-state index in [2.05, 4.69) is 9.97 Å². The molecule has 0 aliphatic heterocycles. The first-order valence-electron chi connectivity index (χ1n) is 13.7. The molecule has 1 unspecified atom stereocenters. The summed E-state index contributed by atoms with van der Waals surface area (Å²) in [4.78, 5) is 36.5. The number of hydrogen-bond donors (Lipinski definition) is 4. The van der Waals surface area contributed by atoms with E-state index in [0.717, 1.165) is 0 Å². The van der Waals surface area contributed by atoms with Crippen LogP contribution in [-0.2, 0) is 26.7 Å². The van der Waals surface area contributed by atoms with Crippen LogP contribution in [0.25, 0.3) is 0 Å². The smallest absolute Gasteiger partial charge is 0.508 e. The molecule has 235 valence electrons. The summed E-state index contributed by atoms with van der Waals surface area (Å²) in [5.74, 6) is -1.55. The molecule has 12 nitrogen and oxygen atoms in total. The van der Waals surface area contributed by atoms with Gasteiger partial charge in [-0.1, -0.05) is 12.1 Å². The van der Waals surface area contributed by atoms with E-state index in [9.17, 15) is 30.0 Å². The molecule has 0 fully saturated rings. The molecule has 0 aliphatic carbocycles. The first kappa shape index (κ1) is 34.8. The van der Waals surface area contributed by atoms with Gasteiger partial charge < -0.3 is 29.9 Å². The predicted octanol–water partition coefficient (Wildman–Crippen LogP) is 3.55. The van der Waals surface area contributed by atoms with Gasteiger partial charge in [-0.15, -0.1) is 0 Å². The third-order valence-electron chi connectivity index (χ3n) is 7.08. The van der Waals surface area contributed by atoms with Crippen LogP contribution in [0.4, 0.5) is 0 Å². The third-order valence-corrected chi connectivity index (χ3v) is 7.08. The minimum Gasteiger partial charge on any atom is -0.508 e. The molecular weight excluding hydrogens is 623 g/mol. The number of aliphatic carboxylic acids is 2. The normalized spacial score (nSPS) is 12.3. The molecule has 0 amide bonds. The number of hydrogen-bond acceptors (Lipinski definition) is 10. The number of carboxylic acid groups (broad SMARTS) is 2. The van der Waals surface area contributed by atoms with Crippen LogP contribution < -0.4 is 9.47 Å². The molecule has 2 heterocycles. The van der Waals surface area contributed by atoms with E-state index in [1.807, 2.05) is 0 Å². The van der Waals surface area contributed by atoms with E-state index in [1.54, 1.807) is 82.9 Å². The maximum absolute atomic E-state index is 12.2. The van der Waals surface area contributed by atoms with Crippen molar-refractivity contribution in [3.05, 3.63) is 108 Å². The molecule has 2 aromatic carbocycles. The molecule has 4 aromatic rings. The summed E-state index contributed by atoms with van der Waals surface area (Å²) in [6, 6.07) is 18.0. The van der Waals surface area contributed by atoms with Crippen molar-refractivity contribution in [3.63, 3.8) is 0 Å². The van der Waals surface area contributed by atoms with Gasteiger partial charge in [0.1, 0.15) is 23.0 Å². The van der Waals surface area contributed by atoms with Gasteiger partial charge in [-0.2, -0.15) is 0 Å². The minimum absolute atomic E-state index is 0. The van der Waals surface area contributed by atoms with Crippen molar-refractivity contribution in [2.24, 2.45) is 0 Å². The predicted molar refractivity (Wildman–Crippen MR) is 160 cm³/mol. The van der Waals surface area contributed by atoms with Gasteiger partial charge in [0.05, 0.1) is 50.8 Å². The fraction of sp³-hybridized carbons (Fsp3) is 0.250. The van der Waals surface area contributed by atoms with Gasteiger partial charge in [0, 0.05) is 36.6 Å². The van der Waals surface area contributed by atoms with E-state index in [4.69, 9.17) is 9.47 Å². The number of benzene rings is 2. The number of phenols is 2. The summed E-state index contributed by atoms with van der Waals surface area (Å²) in [7, 11) is 2.97. The minimum atomic E-state index is -1.13. The summed E-state index contributed by atoms with van der Waals surface area (Å²) in [6.45, 7) is -0.883. The first-order chi connectivity index (χ1) is 21.2. The van der Waals surface area contributed by atoms with Gasteiger partial charge in [-0.05, 0) is 60.7 Å². The van der Waals surface area contributed by atoms with E-state index in [1.165, 1.54) is 26.4 Å². The summed E-state index contributed by atoms with van der Waals surface area (Å²) < 4.78 is 10.8. The van der Waals surface area contributed by atoms with Crippen molar-refractivity contribution >= 4 is 11.9 Å². The Morgan fingerprint density at radius 3 is 1.40 bits per heavy atom. The Bertz CT molecular complexity index is 1440. The molecule has 0 spiro atoms. The van der Waals surface area contributed by atoms with Gasteiger partial charge in [-0.3, -0.25) is 29.4 Å². The summed E-state index contributed by atoms with van der Waals surface area (Å²) >= 11 is 0. The number of phenolic OH excluding ortho intramolecular Hbond substituents is 2. The Labute approximate surface area is 271 Å². The molecule has 0 aliphatic rings. The average Bonchev–Trinajstić information content (AvgIpc) is 3.02. The number of carboxylic acids is 2. The Hall–Kier alpha value is -4.68. The van der Waals surface area contributed by atoms with Crippen molar-refractivity contribution in [1.29, 1.82) is 0 Å². The van der Waals surface area contributed by atoms with Crippen LogP contribution in [0, 0.1) is 0 Å². The number of aromatic hydroxyl groups is 2. The van der Waals surface area contributed by atoms with Crippen LogP contribution in [0.3, 0.4) is 0 Å². The number of pyridine rings is 2. The molecule has 2 atom stereocenters. The van der Waals surface area contributed by atoms with Crippen molar-refractivity contribution in [2.75, 3.05) is 40.4 Å². The van der Waals surface area contributed by atoms with Gasteiger partial charge >= 0.3 is 29.0 Å². The van der Waals surface area contributed by atoms with Crippen LogP contribution in [0.2, 0.25) is 0 Å². The summed E-state index contributed by atoms with van der Waals surface area (Å²) in [5.41, 5.74) is 1.66. The molecule has 45 heavy (non-hydrogen) atoms. The van der Waals surface area contributed by atoms with Crippen molar-refractivity contribution in [1.82, 2.24) is 19.8 Å². The second-order valence-corrected chi connectivity index (χ2v) is 9.89. The second-order valence-electron chi connectivity index (χ2n) is 9.89. The monoisotopic (exact) mass is 657 g/mol. The number of ether oxygens (including phenoxy) is 2.